The Balaban J connectivity index is 0.00000242. The molecular formula is C17H34ClN3O. The van der Waals surface area contributed by atoms with Crippen LogP contribution < -0.4 is 10.6 Å². The summed E-state index contributed by atoms with van der Waals surface area (Å²) in [5.41, 5.74) is 0. The molecule has 130 valence electrons. The summed E-state index contributed by atoms with van der Waals surface area (Å²) in [6, 6.07) is 0.283. The zero-order valence-electron chi connectivity index (χ0n) is 14.4. The maximum atomic E-state index is 12.3. The van der Waals surface area contributed by atoms with Gasteiger partial charge >= 0.3 is 0 Å². The van der Waals surface area contributed by atoms with E-state index in [2.05, 4.69) is 36.3 Å². The van der Waals surface area contributed by atoms with Crippen LogP contribution >= 0.6 is 12.4 Å². The molecule has 2 saturated heterocycles. The number of carbonyl (C=O) groups is 1. The molecule has 2 aliphatic rings. The SMILES string of the molecule is CC(C)C(C)NC(=O)C1CCN(CC2CCNCC2)CC1.Cl. The van der Waals surface area contributed by atoms with E-state index in [-0.39, 0.29) is 30.3 Å². The van der Waals surface area contributed by atoms with E-state index < -0.39 is 0 Å². The van der Waals surface area contributed by atoms with Crippen LogP contribution in [0.5, 0.6) is 0 Å². The number of rotatable bonds is 5. The van der Waals surface area contributed by atoms with E-state index in [1.54, 1.807) is 0 Å². The molecule has 5 heteroatoms. The first kappa shape index (κ1) is 19.7. The van der Waals surface area contributed by atoms with E-state index in [0.717, 1.165) is 31.8 Å². The van der Waals surface area contributed by atoms with Crippen LogP contribution in [0.15, 0.2) is 0 Å². The minimum atomic E-state index is 0. The monoisotopic (exact) mass is 331 g/mol. The van der Waals surface area contributed by atoms with Crippen molar-refractivity contribution >= 4 is 18.3 Å². The van der Waals surface area contributed by atoms with Gasteiger partial charge in [0.05, 0.1) is 0 Å². The fraction of sp³-hybridized carbons (Fsp3) is 0.941. The Morgan fingerprint density at radius 2 is 1.73 bits per heavy atom. The van der Waals surface area contributed by atoms with Crippen LogP contribution in [0.1, 0.15) is 46.5 Å². The zero-order chi connectivity index (χ0) is 15.2. The Morgan fingerprint density at radius 1 is 1.14 bits per heavy atom. The van der Waals surface area contributed by atoms with Crippen LogP contribution in [0, 0.1) is 17.8 Å². The van der Waals surface area contributed by atoms with E-state index in [0.29, 0.717) is 5.92 Å². The number of amides is 1. The van der Waals surface area contributed by atoms with Crippen molar-refractivity contribution in [2.75, 3.05) is 32.7 Å². The van der Waals surface area contributed by atoms with E-state index >= 15 is 0 Å². The van der Waals surface area contributed by atoms with E-state index in [1.165, 1.54) is 32.5 Å². The van der Waals surface area contributed by atoms with Crippen molar-refractivity contribution < 1.29 is 4.79 Å². The quantitative estimate of drug-likeness (QED) is 0.812. The molecule has 1 atom stereocenters. The average Bonchev–Trinajstić information content (AvgIpc) is 2.48. The van der Waals surface area contributed by atoms with Crippen LogP contribution in [-0.2, 0) is 4.79 Å². The van der Waals surface area contributed by atoms with Crippen molar-refractivity contribution in [1.29, 1.82) is 0 Å². The second kappa shape index (κ2) is 9.74. The Bertz CT molecular complexity index is 324. The number of hydrogen-bond acceptors (Lipinski definition) is 3. The largest absolute Gasteiger partial charge is 0.353 e. The summed E-state index contributed by atoms with van der Waals surface area (Å²) < 4.78 is 0. The summed E-state index contributed by atoms with van der Waals surface area (Å²) in [5, 5.41) is 6.61. The lowest BCUT2D eigenvalue weighted by Crippen LogP contribution is -2.45. The highest BCUT2D eigenvalue weighted by molar-refractivity contribution is 5.85. The smallest absolute Gasteiger partial charge is 0.223 e. The summed E-state index contributed by atoms with van der Waals surface area (Å²) >= 11 is 0. The Morgan fingerprint density at radius 3 is 2.27 bits per heavy atom. The fourth-order valence-electron chi connectivity index (χ4n) is 3.32. The predicted molar refractivity (Wildman–Crippen MR) is 94.4 cm³/mol. The molecule has 0 aromatic rings. The Labute approximate surface area is 142 Å². The van der Waals surface area contributed by atoms with E-state index in [4.69, 9.17) is 0 Å². The summed E-state index contributed by atoms with van der Waals surface area (Å²) in [6.45, 7) is 12.2. The summed E-state index contributed by atoms with van der Waals surface area (Å²) in [5.74, 6) is 1.87. The standard InChI is InChI=1S/C17H33N3O.ClH/c1-13(2)14(3)19-17(21)16-6-10-20(11-7-16)12-15-4-8-18-9-5-15;/h13-16,18H,4-12H2,1-3H3,(H,19,21);1H. The van der Waals surface area contributed by atoms with Gasteiger partial charge in [-0.2, -0.15) is 0 Å². The van der Waals surface area contributed by atoms with E-state index in [9.17, 15) is 4.79 Å². The summed E-state index contributed by atoms with van der Waals surface area (Å²) in [4.78, 5) is 14.8. The first-order chi connectivity index (χ1) is 10.1. The molecule has 0 bridgehead atoms. The van der Waals surface area contributed by atoms with Gasteiger partial charge in [0.1, 0.15) is 0 Å². The fourth-order valence-corrected chi connectivity index (χ4v) is 3.32. The van der Waals surface area contributed by atoms with Crippen molar-refractivity contribution in [2.24, 2.45) is 17.8 Å². The zero-order valence-corrected chi connectivity index (χ0v) is 15.3. The predicted octanol–water partition coefficient (Wildman–Crippen LogP) is 2.28. The van der Waals surface area contributed by atoms with Gasteiger partial charge in [-0.05, 0) is 70.6 Å². The lowest BCUT2D eigenvalue weighted by atomic mass is 9.92. The van der Waals surface area contributed by atoms with Crippen LogP contribution in [0.4, 0.5) is 0 Å². The molecule has 2 fully saturated rings. The van der Waals surface area contributed by atoms with E-state index in [1.807, 2.05) is 0 Å². The molecule has 0 spiro atoms. The molecule has 1 amide bonds. The Hall–Kier alpha value is -0.320. The number of piperidine rings is 2. The number of halogens is 1. The lowest BCUT2D eigenvalue weighted by molar-refractivity contribution is -0.127. The average molecular weight is 332 g/mol. The molecule has 2 aliphatic heterocycles. The molecule has 0 radical (unpaired) electrons. The number of nitrogens with zero attached hydrogens (tertiary/aromatic N) is 1. The van der Waals surface area contributed by atoms with Crippen molar-refractivity contribution in [1.82, 2.24) is 15.5 Å². The number of likely N-dealkylation sites (tertiary alicyclic amines) is 1. The Kier molecular flexibility index (Phi) is 8.73. The summed E-state index contributed by atoms with van der Waals surface area (Å²) in [6.07, 6.45) is 4.68. The second-order valence-electron chi connectivity index (χ2n) is 7.31. The minimum Gasteiger partial charge on any atom is -0.353 e. The molecule has 2 rings (SSSR count). The number of hydrogen-bond donors (Lipinski definition) is 2. The molecule has 2 heterocycles. The van der Waals surface area contributed by atoms with Gasteiger partial charge in [0, 0.05) is 18.5 Å². The van der Waals surface area contributed by atoms with Crippen LogP contribution in [-0.4, -0.2) is 49.6 Å². The third-order valence-electron chi connectivity index (χ3n) is 5.30. The highest BCUT2D eigenvalue weighted by Crippen LogP contribution is 2.21. The van der Waals surface area contributed by atoms with Gasteiger partial charge in [-0.1, -0.05) is 13.8 Å². The highest BCUT2D eigenvalue weighted by Gasteiger charge is 2.27. The van der Waals surface area contributed by atoms with Crippen LogP contribution in [0.2, 0.25) is 0 Å². The van der Waals surface area contributed by atoms with Gasteiger partial charge in [-0.15, -0.1) is 12.4 Å². The van der Waals surface area contributed by atoms with Gasteiger partial charge < -0.3 is 15.5 Å². The molecule has 1 unspecified atom stereocenters. The summed E-state index contributed by atoms with van der Waals surface area (Å²) in [7, 11) is 0. The lowest BCUT2D eigenvalue weighted by Gasteiger charge is -2.35. The molecule has 22 heavy (non-hydrogen) atoms. The van der Waals surface area contributed by atoms with Crippen molar-refractivity contribution in [3.8, 4) is 0 Å². The van der Waals surface area contributed by atoms with Crippen LogP contribution in [0.3, 0.4) is 0 Å². The second-order valence-corrected chi connectivity index (χ2v) is 7.31. The molecular weight excluding hydrogens is 298 g/mol. The number of carbonyl (C=O) groups excluding carboxylic acids is 1. The van der Waals surface area contributed by atoms with Crippen molar-refractivity contribution in [2.45, 2.75) is 52.5 Å². The topological polar surface area (TPSA) is 44.4 Å². The maximum absolute atomic E-state index is 12.3. The van der Waals surface area contributed by atoms with Gasteiger partial charge in [0.2, 0.25) is 5.91 Å². The molecule has 0 saturated carbocycles. The van der Waals surface area contributed by atoms with Gasteiger partial charge in [-0.25, -0.2) is 0 Å². The van der Waals surface area contributed by atoms with Gasteiger partial charge in [-0.3, -0.25) is 4.79 Å². The van der Waals surface area contributed by atoms with Crippen molar-refractivity contribution in [3.05, 3.63) is 0 Å². The molecule has 0 aliphatic carbocycles. The third kappa shape index (κ3) is 6.05. The third-order valence-corrected chi connectivity index (χ3v) is 5.30. The first-order valence-electron chi connectivity index (χ1n) is 8.79. The highest BCUT2D eigenvalue weighted by atomic mass is 35.5. The first-order valence-corrected chi connectivity index (χ1v) is 8.79. The molecule has 2 N–H and O–H groups in total. The molecule has 4 nitrogen and oxygen atoms in total. The number of nitrogens with one attached hydrogen (secondary N) is 2. The van der Waals surface area contributed by atoms with Gasteiger partial charge in [0.25, 0.3) is 0 Å². The molecule has 0 aromatic heterocycles. The van der Waals surface area contributed by atoms with Crippen LogP contribution in [0.25, 0.3) is 0 Å². The minimum absolute atomic E-state index is 0. The van der Waals surface area contributed by atoms with Crippen molar-refractivity contribution in [3.63, 3.8) is 0 Å². The van der Waals surface area contributed by atoms with Gasteiger partial charge in [0.15, 0.2) is 0 Å². The maximum Gasteiger partial charge on any atom is 0.223 e. The molecule has 0 aromatic carbocycles. The normalized spacial score (nSPS) is 23.1.